The quantitative estimate of drug-likeness (QED) is 0.696. The molecular weight excluding hydrogens is 387 g/mol. The van der Waals surface area contributed by atoms with Crippen LogP contribution in [0.25, 0.3) is 0 Å². The number of carbonyl (C=O) groups is 1. The van der Waals surface area contributed by atoms with Crippen LogP contribution in [-0.2, 0) is 14.8 Å². The van der Waals surface area contributed by atoms with Gasteiger partial charge in [0.25, 0.3) is 0 Å². The molecule has 0 aromatic heterocycles. The number of carbonyl (C=O) groups excluding carboxylic acids is 1. The van der Waals surface area contributed by atoms with E-state index in [4.69, 9.17) is 5.73 Å². The minimum atomic E-state index is -3.46. The predicted octanol–water partition coefficient (Wildman–Crippen LogP) is 0.220. The van der Waals surface area contributed by atoms with Crippen molar-refractivity contribution in [2.75, 3.05) is 45.8 Å². The molecule has 1 heterocycles. The largest absolute Gasteiger partial charge is 0.354 e. The molecule has 2 rings (SSSR count). The minimum absolute atomic E-state index is 0. The monoisotopic (exact) mass is 412 g/mol. The van der Waals surface area contributed by atoms with E-state index in [0.29, 0.717) is 44.2 Å². The Balaban J connectivity index is 0.00000288. The molecule has 144 valence electrons. The Labute approximate surface area is 161 Å². The van der Waals surface area contributed by atoms with Crippen LogP contribution in [0.5, 0.6) is 0 Å². The van der Waals surface area contributed by atoms with Crippen LogP contribution in [-0.4, -0.2) is 69.3 Å². The molecule has 0 spiro atoms. The van der Waals surface area contributed by atoms with Gasteiger partial charge in [0.05, 0.1) is 11.4 Å². The summed E-state index contributed by atoms with van der Waals surface area (Å²) in [4.78, 5) is 13.9. The van der Waals surface area contributed by atoms with E-state index in [0.717, 1.165) is 5.56 Å². The van der Waals surface area contributed by atoms with Crippen LogP contribution < -0.4 is 11.1 Å². The van der Waals surface area contributed by atoms with Gasteiger partial charge in [-0.25, -0.2) is 8.42 Å². The van der Waals surface area contributed by atoms with Crippen molar-refractivity contribution in [3.63, 3.8) is 0 Å². The summed E-state index contributed by atoms with van der Waals surface area (Å²) in [6.07, 6.45) is 0. The normalized spacial score (nSPS) is 15.8. The summed E-state index contributed by atoms with van der Waals surface area (Å²) < 4.78 is 26.6. The van der Waals surface area contributed by atoms with Crippen LogP contribution in [0.15, 0.2) is 29.2 Å². The molecule has 1 aromatic carbocycles. The summed E-state index contributed by atoms with van der Waals surface area (Å²) in [7, 11) is -3.46. The van der Waals surface area contributed by atoms with Gasteiger partial charge in [-0.15, -0.1) is 24.8 Å². The first-order chi connectivity index (χ1) is 10.9. The lowest BCUT2D eigenvalue weighted by Crippen LogP contribution is -2.51. The smallest absolute Gasteiger partial charge is 0.243 e. The Morgan fingerprint density at radius 3 is 2.20 bits per heavy atom. The van der Waals surface area contributed by atoms with Crippen molar-refractivity contribution in [1.29, 1.82) is 0 Å². The number of hydrogen-bond donors (Lipinski definition) is 2. The van der Waals surface area contributed by atoms with Gasteiger partial charge < -0.3 is 11.1 Å². The lowest BCUT2D eigenvalue weighted by molar-refractivity contribution is -0.122. The summed E-state index contributed by atoms with van der Waals surface area (Å²) in [6, 6.07) is 6.87. The second-order valence-electron chi connectivity index (χ2n) is 5.63. The Hall–Kier alpha value is -0.900. The van der Waals surface area contributed by atoms with E-state index in [1.165, 1.54) is 4.31 Å². The number of halogens is 2. The van der Waals surface area contributed by atoms with E-state index in [2.05, 4.69) is 5.32 Å². The molecule has 10 heteroatoms. The molecule has 1 aliphatic heterocycles. The van der Waals surface area contributed by atoms with E-state index < -0.39 is 10.0 Å². The van der Waals surface area contributed by atoms with Crippen LogP contribution in [0.4, 0.5) is 0 Å². The highest BCUT2D eigenvalue weighted by Crippen LogP contribution is 2.18. The molecule has 3 N–H and O–H groups in total. The number of sulfonamides is 1. The number of hydrogen-bond acceptors (Lipinski definition) is 5. The van der Waals surface area contributed by atoms with Crippen LogP contribution in [0.1, 0.15) is 5.56 Å². The maximum Gasteiger partial charge on any atom is 0.243 e. The number of piperazine rings is 1. The van der Waals surface area contributed by atoms with Gasteiger partial charge in [0.15, 0.2) is 0 Å². The zero-order chi connectivity index (χ0) is 16.9. The van der Waals surface area contributed by atoms with Crippen LogP contribution in [0.3, 0.4) is 0 Å². The van der Waals surface area contributed by atoms with Gasteiger partial charge >= 0.3 is 0 Å². The third kappa shape index (κ3) is 6.73. The Morgan fingerprint density at radius 2 is 1.68 bits per heavy atom. The van der Waals surface area contributed by atoms with Gasteiger partial charge in [-0.05, 0) is 19.1 Å². The molecule has 1 amide bonds. The van der Waals surface area contributed by atoms with Crippen molar-refractivity contribution in [2.45, 2.75) is 11.8 Å². The Bertz CT molecular complexity index is 633. The average Bonchev–Trinajstić information content (AvgIpc) is 2.54. The van der Waals surface area contributed by atoms with Crippen molar-refractivity contribution >= 4 is 40.7 Å². The summed E-state index contributed by atoms with van der Waals surface area (Å²) in [5, 5.41) is 2.71. The molecule has 0 aliphatic carbocycles. The number of amides is 1. The lowest BCUT2D eigenvalue weighted by Gasteiger charge is -2.33. The molecule has 1 fully saturated rings. The first-order valence-corrected chi connectivity index (χ1v) is 9.13. The van der Waals surface area contributed by atoms with Gasteiger partial charge in [-0.1, -0.05) is 17.7 Å². The molecule has 1 aromatic rings. The molecule has 1 aliphatic rings. The standard InChI is InChI=1S/C15H24N4O3S.2ClH/c1-13-2-4-14(5-3-13)23(21,22)19-10-8-18(9-11-19)12-15(20)17-7-6-16;;/h2-5H,6-12,16H2,1H3,(H,17,20);2*1H. The predicted molar refractivity (Wildman–Crippen MR) is 103 cm³/mol. The van der Waals surface area contributed by atoms with Crippen LogP contribution >= 0.6 is 24.8 Å². The fourth-order valence-electron chi connectivity index (χ4n) is 2.46. The van der Waals surface area contributed by atoms with Crippen molar-refractivity contribution in [3.8, 4) is 0 Å². The third-order valence-electron chi connectivity index (χ3n) is 3.82. The first-order valence-electron chi connectivity index (χ1n) is 7.69. The van der Waals surface area contributed by atoms with E-state index in [1.54, 1.807) is 24.3 Å². The Kier molecular flexibility index (Phi) is 10.6. The van der Waals surface area contributed by atoms with E-state index >= 15 is 0 Å². The molecule has 25 heavy (non-hydrogen) atoms. The molecule has 1 saturated heterocycles. The highest BCUT2D eigenvalue weighted by molar-refractivity contribution is 7.89. The fraction of sp³-hybridized carbons (Fsp3) is 0.533. The third-order valence-corrected chi connectivity index (χ3v) is 5.74. The number of nitrogens with one attached hydrogen (secondary N) is 1. The molecule has 0 saturated carbocycles. The van der Waals surface area contributed by atoms with Gasteiger partial charge in [0.2, 0.25) is 15.9 Å². The Morgan fingerprint density at radius 1 is 1.12 bits per heavy atom. The van der Waals surface area contributed by atoms with E-state index in [1.807, 2.05) is 11.8 Å². The highest BCUT2D eigenvalue weighted by Gasteiger charge is 2.28. The molecule has 0 atom stereocenters. The molecule has 7 nitrogen and oxygen atoms in total. The fourth-order valence-corrected chi connectivity index (χ4v) is 3.88. The highest BCUT2D eigenvalue weighted by atomic mass is 35.5. The maximum atomic E-state index is 12.6. The van der Waals surface area contributed by atoms with Gasteiger partial charge in [-0.2, -0.15) is 4.31 Å². The second kappa shape index (κ2) is 10.9. The van der Waals surface area contributed by atoms with E-state index in [-0.39, 0.29) is 37.3 Å². The zero-order valence-electron chi connectivity index (χ0n) is 14.2. The SMILES string of the molecule is Cc1ccc(S(=O)(=O)N2CCN(CC(=O)NCCN)CC2)cc1.Cl.Cl. The van der Waals surface area contributed by atoms with E-state index in [9.17, 15) is 13.2 Å². The average molecular weight is 413 g/mol. The van der Waals surface area contributed by atoms with Crippen molar-refractivity contribution in [2.24, 2.45) is 5.73 Å². The maximum absolute atomic E-state index is 12.6. The topological polar surface area (TPSA) is 95.7 Å². The number of nitrogens with zero attached hydrogens (tertiary/aromatic N) is 2. The van der Waals surface area contributed by atoms with Crippen LogP contribution in [0, 0.1) is 6.92 Å². The summed E-state index contributed by atoms with van der Waals surface area (Å²) in [5.74, 6) is -0.0784. The molecule has 0 radical (unpaired) electrons. The summed E-state index contributed by atoms with van der Waals surface area (Å²) in [6.45, 7) is 4.93. The van der Waals surface area contributed by atoms with Crippen molar-refractivity contribution in [3.05, 3.63) is 29.8 Å². The lowest BCUT2D eigenvalue weighted by atomic mass is 10.2. The van der Waals surface area contributed by atoms with Gasteiger partial charge in [0.1, 0.15) is 0 Å². The van der Waals surface area contributed by atoms with Crippen molar-refractivity contribution in [1.82, 2.24) is 14.5 Å². The number of rotatable bonds is 6. The van der Waals surface area contributed by atoms with Gasteiger partial charge in [-0.3, -0.25) is 9.69 Å². The number of nitrogens with two attached hydrogens (primary N) is 1. The van der Waals surface area contributed by atoms with Crippen LogP contribution in [0.2, 0.25) is 0 Å². The molecule has 0 bridgehead atoms. The second-order valence-corrected chi connectivity index (χ2v) is 7.57. The minimum Gasteiger partial charge on any atom is -0.354 e. The van der Waals surface area contributed by atoms with Crippen molar-refractivity contribution < 1.29 is 13.2 Å². The molecule has 0 unspecified atom stereocenters. The number of benzene rings is 1. The van der Waals surface area contributed by atoms with Gasteiger partial charge in [0, 0.05) is 39.3 Å². The molecular formula is C15H26Cl2N4O3S. The summed E-state index contributed by atoms with van der Waals surface area (Å²) >= 11 is 0. The zero-order valence-corrected chi connectivity index (χ0v) is 16.6. The first kappa shape index (κ1) is 24.1. The number of aryl methyl sites for hydroxylation is 1. The summed E-state index contributed by atoms with van der Waals surface area (Å²) in [5.41, 5.74) is 6.36.